The molecule has 2 rings (SSSR count). The molecule has 0 saturated carbocycles. The van der Waals surface area contributed by atoms with Crippen LogP contribution in [0.2, 0.25) is 0 Å². The molecule has 2 unspecified atom stereocenters. The van der Waals surface area contributed by atoms with Crippen molar-refractivity contribution >= 4 is 15.7 Å². The molecular formula is C15H22N2O4S. The quantitative estimate of drug-likeness (QED) is 0.877. The van der Waals surface area contributed by atoms with Gasteiger partial charge in [-0.05, 0) is 24.6 Å². The molecule has 0 bridgehead atoms. The highest BCUT2D eigenvalue weighted by Crippen LogP contribution is 2.22. The first-order chi connectivity index (χ1) is 10.3. The minimum absolute atomic E-state index is 0.0770. The lowest BCUT2D eigenvalue weighted by atomic mass is 10.1. The molecule has 1 saturated heterocycles. The van der Waals surface area contributed by atoms with Crippen LogP contribution in [-0.4, -0.2) is 58.3 Å². The van der Waals surface area contributed by atoms with Gasteiger partial charge in [0.25, 0.3) is 5.91 Å². The number of rotatable bonds is 4. The third-order valence-electron chi connectivity index (χ3n) is 3.92. The number of hydrogen-bond donors (Lipinski definition) is 1. The van der Waals surface area contributed by atoms with Gasteiger partial charge >= 0.3 is 0 Å². The van der Waals surface area contributed by atoms with Gasteiger partial charge in [0.05, 0.1) is 17.5 Å². The largest absolute Gasteiger partial charge is 0.366 e. The van der Waals surface area contributed by atoms with Crippen molar-refractivity contribution in [3.8, 4) is 0 Å². The molecule has 1 N–H and O–H groups in total. The third-order valence-corrected chi connectivity index (χ3v) is 5.05. The second-order valence-electron chi connectivity index (χ2n) is 5.53. The minimum atomic E-state index is -3.21. The van der Waals surface area contributed by atoms with Gasteiger partial charge < -0.3 is 15.0 Å². The second-order valence-corrected chi connectivity index (χ2v) is 7.55. The summed E-state index contributed by atoms with van der Waals surface area (Å²) in [5, 5.41) is 3.13. The number of ether oxygens (including phenoxy) is 1. The first-order valence-corrected chi connectivity index (χ1v) is 9.09. The lowest BCUT2D eigenvalue weighted by molar-refractivity contribution is -0.145. The molecule has 1 fully saturated rings. The number of amides is 1. The lowest BCUT2D eigenvalue weighted by Gasteiger charge is -2.31. The summed E-state index contributed by atoms with van der Waals surface area (Å²) in [5.74, 6) is -0.0770. The summed E-state index contributed by atoms with van der Waals surface area (Å²) in [4.78, 5) is 14.3. The van der Waals surface area contributed by atoms with Crippen LogP contribution < -0.4 is 5.32 Å². The Bertz CT molecular complexity index is 621. The topological polar surface area (TPSA) is 75.7 Å². The molecule has 0 radical (unpaired) electrons. The molecule has 1 heterocycles. The number of sulfone groups is 1. The maximum atomic E-state index is 12.4. The number of nitrogens with one attached hydrogen (secondary N) is 1. The summed E-state index contributed by atoms with van der Waals surface area (Å²) in [5.41, 5.74) is 0.881. The molecule has 6 nitrogen and oxygen atoms in total. The van der Waals surface area contributed by atoms with Crippen LogP contribution in [0, 0.1) is 0 Å². The van der Waals surface area contributed by atoms with Crippen molar-refractivity contribution in [1.29, 1.82) is 0 Å². The van der Waals surface area contributed by atoms with E-state index >= 15 is 0 Å². The summed E-state index contributed by atoms with van der Waals surface area (Å²) in [6.45, 7) is 3.71. The normalized spacial score (nSPS) is 20.4. The Labute approximate surface area is 131 Å². The average Bonchev–Trinajstić information content (AvgIpc) is 2.53. The highest BCUT2D eigenvalue weighted by Gasteiger charge is 2.27. The van der Waals surface area contributed by atoms with E-state index in [4.69, 9.17) is 4.74 Å². The maximum Gasteiger partial charge on any atom is 0.253 e. The summed E-state index contributed by atoms with van der Waals surface area (Å²) < 4.78 is 28.4. The predicted molar refractivity (Wildman–Crippen MR) is 83.3 cm³/mol. The Morgan fingerprint density at radius 3 is 2.50 bits per heavy atom. The Kier molecular flexibility index (Phi) is 5.20. The van der Waals surface area contributed by atoms with E-state index in [1.807, 2.05) is 6.92 Å². The van der Waals surface area contributed by atoms with Gasteiger partial charge in [-0.2, -0.15) is 0 Å². The molecule has 1 aromatic carbocycles. The second kappa shape index (κ2) is 6.76. The SMILES string of the molecule is CC(c1ccc(S(C)(=O)=O)cc1)N(C)C(=O)C1CNCCO1. The Morgan fingerprint density at radius 2 is 2.00 bits per heavy atom. The summed E-state index contributed by atoms with van der Waals surface area (Å²) in [6, 6.07) is 6.46. The van der Waals surface area contributed by atoms with E-state index in [0.717, 1.165) is 12.1 Å². The number of hydrogen-bond acceptors (Lipinski definition) is 5. The van der Waals surface area contributed by atoms with Crippen LogP contribution >= 0.6 is 0 Å². The van der Waals surface area contributed by atoms with Crippen molar-refractivity contribution in [2.75, 3.05) is 33.0 Å². The monoisotopic (exact) mass is 326 g/mol. The van der Waals surface area contributed by atoms with Crippen molar-refractivity contribution in [2.45, 2.75) is 24.0 Å². The molecule has 1 aliphatic heterocycles. The molecule has 1 amide bonds. The molecular weight excluding hydrogens is 304 g/mol. The van der Waals surface area contributed by atoms with Crippen LogP contribution in [0.4, 0.5) is 0 Å². The zero-order chi connectivity index (χ0) is 16.3. The average molecular weight is 326 g/mol. The number of morpholine rings is 1. The van der Waals surface area contributed by atoms with Gasteiger partial charge in [-0.15, -0.1) is 0 Å². The van der Waals surface area contributed by atoms with Crippen LogP contribution in [0.25, 0.3) is 0 Å². The Balaban J connectivity index is 2.09. The zero-order valence-corrected chi connectivity index (χ0v) is 13.9. The van der Waals surface area contributed by atoms with Gasteiger partial charge in [-0.25, -0.2) is 8.42 Å². The predicted octanol–water partition coefficient (Wildman–Crippen LogP) is 0.598. The number of likely N-dealkylation sites (N-methyl/N-ethyl adjacent to an activating group) is 1. The van der Waals surface area contributed by atoms with Gasteiger partial charge in [0.15, 0.2) is 9.84 Å². The molecule has 22 heavy (non-hydrogen) atoms. The standard InChI is InChI=1S/C15H22N2O4S/c1-11(12-4-6-13(7-5-12)22(3,19)20)17(2)15(18)14-10-16-8-9-21-14/h4-7,11,14,16H,8-10H2,1-3H3. The van der Waals surface area contributed by atoms with E-state index in [2.05, 4.69) is 5.32 Å². The number of carbonyl (C=O) groups is 1. The van der Waals surface area contributed by atoms with Crippen LogP contribution in [0.15, 0.2) is 29.2 Å². The summed E-state index contributed by atoms with van der Waals surface area (Å²) >= 11 is 0. The summed E-state index contributed by atoms with van der Waals surface area (Å²) in [6.07, 6.45) is 0.714. The summed E-state index contributed by atoms with van der Waals surface area (Å²) in [7, 11) is -1.48. The van der Waals surface area contributed by atoms with E-state index in [1.165, 1.54) is 6.26 Å². The van der Waals surface area contributed by atoms with Crippen molar-refractivity contribution < 1.29 is 17.9 Å². The molecule has 1 aliphatic rings. The number of carbonyl (C=O) groups excluding carboxylic acids is 1. The Morgan fingerprint density at radius 1 is 1.36 bits per heavy atom. The maximum absolute atomic E-state index is 12.4. The fraction of sp³-hybridized carbons (Fsp3) is 0.533. The van der Waals surface area contributed by atoms with Gasteiger partial charge in [-0.1, -0.05) is 12.1 Å². The van der Waals surface area contributed by atoms with Crippen LogP contribution in [0.5, 0.6) is 0 Å². The smallest absolute Gasteiger partial charge is 0.253 e. The van der Waals surface area contributed by atoms with Crippen molar-refractivity contribution in [1.82, 2.24) is 10.2 Å². The third kappa shape index (κ3) is 3.85. The van der Waals surface area contributed by atoms with Gasteiger partial charge in [0.2, 0.25) is 0 Å². The van der Waals surface area contributed by atoms with Crippen molar-refractivity contribution in [3.05, 3.63) is 29.8 Å². The fourth-order valence-electron chi connectivity index (χ4n) is 2.36. The number of nitrogens with zero attached hydrogens (tertiary/aromatic N) is 1. The van der Waals surface area contributed by atoms with Gasteiger partial charge in [-0.3, -0.25) is 4.79 Å². The molecule has 0 aliphatic carbocycles. The Hall–Kier alpha value is -1.44. The van der Waals surface area contributed by atoms with E-state index < -0.39 is 15.9 Å². The lowest BCUT2D eigenvalue weighted by Crippen LogP contribution is -2.48. The molecule has 1 aromatic rings. The van der Waals surface area contributed by atoms with Crippen LogP contribution in [0.3, 0.4) is 0 Å². The van der Waals surface area contributed by atoms with Crippen molar-refractivity contribution in [2.24, 2.45) is 0 Å². The van der Waals surface area contributed by atoms with Crippen molar-refractivity contribution in [3.63, 3.8) is 0 Å². The first kappa shape index (κ1) is 16.9. The molecule has 0 spiro atoms. The van der Waals surface area contributed by atoms with E-state index in [9.17, 15) is 13.2 Å². The number of benzene rings is 1. The van der Waals surface area contributed by atoms with E-state index in [1.54, 1.807) is 36.2 Å². The molecule has 0 aromatic heterocycles. The zero-order valence-electron chi connectivity index (χ0n) is 13.1. The molecule has 7 heteroatoms. The van der Waals surface area contributed by atoms with E-state index in [0.29, 0.717) is 13.2 Å². The minimum Gasteiger partial charge on any atom is -0.366 e. The fourth-order valence-corrected chi connectivity index (χ4v) is 2.99. The highest BCUT2D eigenvalue weighted by molar-refractivity contribution is 7.90. The first-order valence-electron chi connectivity index (χ1n) is 7.19. The van der Waals surface area contributed by atoms with E-state index in [-0.39, 0.29) is 16.8 Å². The molecule has 2 atom stereocenters. The highest BCUT2D eigenvalue weighted by atomic mass is 32.2. The van der Waals surface area contributed by atoms with Crippen LogP contribution in [-0.2, 0) is 19.4 Å². The van der Waals surface area contributed by atoms with Gasteiger partial charge in [0, 0.05) is 26.4 Å². The molecule has 122 valence electrons. The van der Waals surface area contributed by atoms with Crippen LogP contribution in [0.1, 0.15) is 18.5 Å². The van der Waals surface area contributed by atoms with Gasteiger partial charge in [0.1, 0.15) is 6.10 Å².